The second-order valence-corrected chi connectivity index (χ2v) is 3.53. The molecule has 2 nitrogen and oxygen atoms in total. The van der Waals surface area contributed by atoms with Crippen LogP contribution in [-0.2, 0) is 0 Å². The van der Waals surface area contributed by atoms with E-state index in [1.807, 2.05) is 0 Å². The topological polar surface area (TPSA) is 6.25 Å². The number of hydrogen-bond donors (Lipinski definition) is 0. The van der Waals surface area contributed by atoms with Crippen LogP contribution in [0.25, 0.3) is 0 Å². The van der Waals surface area contributed by atoms with Crippen LogP contribution in [0.1, 0.15) is 13.3 Å². The minimum Gasteiger partial charge on any atom is -0.268 e. The molecule has 1 saturated heterocycles. The van der Waals surface area contributed by atoms with Gasteiger partial charge in [0.25, 0.3) is 0 Å². The summed E-state index contributed by atoms with van der Waals surface area (Å²) in [4.78, 5) is 2.49. The van der Waals surface area contributed by atoms with E-state index in [0.29, 0.717) is 0 Å². The highest BCUT2D eigenvalue weighted by Crippen LogP contribution is 2.20. The smallest absolute Gasteiger partial charge is 0.243 e. The number of rotatable bonds is 0. The molecule has 56 valence electrons. The molecule has 2 aliphatic heterocycles. The van der Waals surface area contributed by atoms with Crippen LogP contribution in [0.3, 0.4) is 0 Å². The number of nitrogens with zero attached hydrogens (tertiary/aromatic N) is 2. The maximum absolute atomic E-state index is 2.49. The number of hydrogen-bond acceptors (Lipinski definition) is 1. The molecule has 0 aromatic heterocycles. The molecular weight excluding hydrogens is 124 g/mol. The quantitative estimate of drug-likeness (QED) is 0.440. The van der Waals surface area contributed by atoms with E-state index in [2.05, 4.69) is 23.4 Å². The Hall–Kier alpha value is -0.530. The zero-order valence-electron chi connectivity index (χ0n) is 6.80. The predicted octanol–water partition coefficient (Wildman–Crippen LogP) is 0.383. The minimum absolute atomic E-state index is 0.952. The number of fused-ring (bicyclic) bond motifs is 2. The van der Waals surface area contributed by atoms with Gasteiger partial charge in [-0.3, -0.25) is 9.48 Å². The third kappa shape index (κ3) is 0.746. The Kier molecular flexibility index (Phi) is 1.22. The molecule has 0 aromatic carbocycles. The van der Waals surface area contributed by atoms with Gasteiger partial charge in [0.1, 0.15) is 0 Å². The molecule has 1 fully saturated rings. The van der Waals surface area contributed by atoms with Gasteiger partial charge >= 0.3 is 0 Å². The van der Waals surface area contributed by atoms with Gasteiger partial charge in [-0.15, -0.1) is 0 Å². The molecule has 2 heteroatoms. The molecule has 0 aromatic rings. The van der Waals surface area contributed by atoms with E-state index in [4.69, 9.17) is 0 Å². The molecule has 0 radical (unpaired) electrons. The van der Waals surface area contributed by atoms with E-state index >= 15 is 0 Å². The van der Waals surface area contributed by atoms with Gasteiger partial charge in [-0.1, -0.05) is 0 Å². The fourth-order valence-electron chi connectivity index (χ4n) is 2.04. The van der Waals surface area contributed by atoms with Crippen molar-refractivity contribution in [1.29, 1.82) is 0 Å². The van der Waals surface area contributed by atoms with Crippen molar-refractivity contribution in [3.63, 3.8) is 0 Å². The third-order valence-electron chi connectivity index (χ3n) is 2.83. The summed E-state index contributed by atoms with van der Waals surface area (Å²) in [5.41, 5.74) is 0. The Bertz CT molecular complexity index is 184. The van der Waals surface area contributed by atoms with Crippen molar-refractivity contribution in [2.75, 3.05) is 26.7 Å². The first-order chi connectivity index (χ1) is 4.77. The van der Waals surface area contributed by atoms with Crippen molar-refractivity contribution >= 4 is 5.84 Å². The van der Waals surface area contributed by atoms with Crippen LogP contribution in [0.4, 0.5) is 0 Å². The summed E-state index contributed by atoms with van der Waals surface area (Å²) in [6.45, 7) is 6.11. The second kappa shape index (κ2) is 1.97. The molecule has 2 bridgehead atoms. The first-order valence-corrected chi connectivity index (χ1v) is 4.07. The Morgan fingerprint density at radius 2 is 2.40 bits per heavy atom. The van der Waals surface area contributed by atoms with Crippen molar-refractivity contribution in [2.45, 2.75) is 13.3 Å². The maximum atomic E-state index is 2.49. The van der Waals surface area contributed by atoms with Crippen molar-refractivity contribution in [1.82, 2.24) is 4.90 Å². The van der Waals surface area contributed by atoms with E-state index in [1.54, 1.807) is 0 Å². The van der Waals surface area contributed by atoms with Crippen LogP contribution in [0, 0.1) is 5.92 Å². The summed E-state index contributed by atoms with van der Waals surface area (Å²) in [6, 6.07) is 0. The standard InChI is InChI=1S/C8H15N2/c1-7-9(2)5-8-3-4-10(7)6-8/h8H,3-6H2,1-2H3/q+1. The maximum Gasteiger partial charge on any atom is 0.243 e. The van der Waals surface area contributed by atoms with Crippen LogP contribution in [0.2, 0.25) is 0 Å². The lowest BCUT2D eigenvalue weighted by Gasteiger charge is -2.19. The SMILES string of the molecule is CC1=[N+](C)CC2CCN1C2. The molecular formula is C8H15N2+. The summed E-state index contributed by atoms with van der Waals surface area (Å²) in [5.74, 6) is 2.42. The van der Waals surface area contributed by atoms with Crippen molar-refractivity contribution < 1.29 is 4.58 Å². The highest BCUT2D eigenvalue weighted by molar-refractivity contribution is 5.75. The molecule has 2 rings (SSSR count). The van der Waals surface area contributed by atoms with E-state index < -0.39 is 0 Å². The normalized spacial score (nSPS) is 31.8. The van der Waals surface area contributed by atoms with Gasteiger partial charge in [0.2, 0.25) is 5.84 Å². The Labute approximate surface area is 62.1 Å². The highest BCUT2D eigenvalue weighted by Gasteiger charge is 2.34. The van der Waals surface area contributed by atoms with Gasteiger partial charge in [-0.05, 0) is 6.42 Å². The lowest BCUT2D eigenvalue weighted by Crippen LogP contribution is -2.39. The van der Waals surface area contributed by atoms with Crippen LogP contribution < -0.4 is 0 Å². The summed E-state index contributed by atoms with van der Waals surface area (Å²) in [5, 5.41) is 0. The van der Waals surface area contributed by atoms with Crippen LogP contribution in [-0.4, -0.2) is 42.0 Å². The van der Waals surface area contributed by atoms with Crippen molar-refractivity contribution in [2.24, 2.45) is 5.92 Å². The minimum atomic E-state index is 0.952. The molecule has 0 aliphatic carbocycles. The van der Waals surface area contributed by atoms with Gasteiger partial charge in [-0.25, -0.2) is 0 Å². The lowest BCUT2D eigenvalue weighted by molar-refractivity contribution is -0.514. The van der Waals surface area contributed by atoms with Crippen LogP contribution >= 0.6 is 0 Å². The lowest BCUT2D eigenvalue weighted by atomic mass is 10.1. The summed E-state index contributed by atoms with van der Waals surface area (Å²) in [7, 11) is 2.19. The first kappa shape index (κ1) is 6.20. The molecule has 1 atom stereocenters. The Balaban J connectivity index is 2.28. The summed E-state index contributed by atoms with van der Waals surface area (Å²) >= 11 is 0. The van der Waals surface area contributed by atoms with Crippen LogP contribution in [0.5, 0.6) is 0 Å². The largest absolute Gasteiger partial charge is 0.268 e. The van der Waals surface area contributed by atoms with E-state index in [1.165, 1.54) is 31.9 Å². The van der Waals surface area contributed by atoms with Crippen LogP contribution in [0.15, 0.2) is 0 Å². The van der Waals surface area contributed by atoms with Crippen molar-refractivity contribution in [3.8, 4) is 0 Å². The van der Waals surface area contributed by atoms with Gasteiger partial charge in [0.05, 0.1) is 26.7 Å². The molecule has 0 saturated carbocycles. The summed E-state index contributed by atoms with van der Waals surface area (Å²) in [6.07, 6.45) is 1.40. The van der Waals surface area contributed by atoms with Gasteiger partial charge in [-0.2, -0.15) is 0 Å². The van der Waals surface area contributed by atoms with E-state index in [0.717, 1.165) is 5.92 Å². The zero-order valence-corrected chi connectivity index (χ0v) is 6.80. The van der Waals surface area contributed by atoms with Gasteiger partial charge < -0.3 is 0 Å². The molecule has 1 unspecified atom stereocenters. The molecule has 10 heavy (non-hydrogen) atoms. The average Bonchev–Trinajstić information content (AvgIpc) is 2.29. The van der Waals surface area contributed by atoms with E-state index in [-0.39, 0.29) is 0 Å². The molecule has 0 spiro atoms. The fraction of sp³-hybridized carbons (Fsp3) is 0.875. The second-order valence-electron chi connectivity index (χ2n) is 3.53. The Morgan fingerprint density at radius 1 is 1.60 bits per heavy atom. The molecule has 0 N–H and O–H groups in total. The van der Waals surface area contributed by atoms with Crippen molar-refractivity contribution in [3.05, 3.63) is 0 Å². The fourth-order valence-corrected chi connectivity index (χ4v) is 2.04. The third-order valence-corrected chi connectivity index (χ3v) is 2.83. The van der Waals surface area contributed by atoms with Gasteiger partial charge in [0, 0.05) is 12.8 Å². The number of amidine groups is 1. The molecule has 2 aliphatic rings. The molecule has 0 amide bonds. The zero-order chi connectivity index (χ0) is 7.14. The highest BCUT2D eigenvalue weighted by atomic mass is 15.3. The predicted molar refractivity (Wildman–Crippen MR) is 41.4 cm³/mol. The summed E-state index contributed by atoms with van der Waals surface area (Å²) < 4.78 is 2.38. The van der Waals surface area contributed by atoms with E-state index in [9.17, 15) is 0 Å². The first-order valence-electron chi connectivity index (χ1n) is 4.07. The molecule has 2 heterocycles. The van der Waals surface area contributed by atoms with Gasteiger partial charge in [0.15, 0.2) is 0 Å². The average molecular weight is 139 g/mol. The Morgan fingerprint density at radius 3 is 3.20 bits per heavy atom. The monoisotopic (exact) mass is 139 g/mol.